The van der Waals surface area contributed by atoms with Gasteiger partial charge in [-0.05, 0) is 93.1 Å². The van der Waals surface area contributed by atoms with Crippen LogP contribution in [0.2, 0.25) is 0 Å². The van der Waals surface area contributed by atoms with Crippen LogP contribution >= 0.6 is 15.9 Å². The molecule has 0 atom stereocenters. The molecule has 4 aromatic carbocycles. The summed E-state index contributed by atoms with van der Waals surface area (Å²) in [4.78, 5) is 4.59. The first kappa shape index (κ1) is 19.4. The standard InChI is InChI=1S/C26H22BrNO/c1-18-10-12-23(14-19(18)2)28-16-20-11-13-26(25(27)15-20)29-17-22-8-5-7-21-6-3-4-9-24(21)22/h3-16H,17H2,1-2H3. The van der Waals surface area contributed by atoms with Crippen molar-refractivity contribution in [1.29, 1.82) is 0 Å². The minimum Gasteiger partial charge on any atom is -0.488 e. The zero-order chi connectivity index (χ0) is 20.2. The number of ether oxygens (including phenoxy) is 1. The van der Waals surface area contributed by atoms with Crippen LogP contribution in [0.15, 0.2) is 88.3 Å². The maximum absolute atomic E-state index is 6.09. The van der Waals surface area contributed by atoms with Crippen molar-refractivity contribution in [2.45, 2.75) is 20.5 Å². The van der Waals surface area contributed by atoms with E-state index >= 15 is 0 Å². The van der Waals surface area contributed by atoms with E-state index in [2.05, 4.69) is 89.4 Å². The largest absolute Gasteiger partial charge is 0.488 e. The summed E-state index contributed by atoms with van der Waals surface area (Å²) in [5.74, 6) is 0.821. The van der Waals surface area contributed by atoms with Crippen LogP contribution in [0.1, 0.15) is 22.3 Å². The number of halogens is 1. The number of rotatable bonds is 5. The van der Waals surface area contributed by atoms with Gasteiger partial charge in [0.15, 0.2) is 0 Å². The van der Waals surface area contributed by atoms with Crippen molar-refractivity contribution < 1.29 is 4.74 Å². The molecule has 0 heterocycles. The molecular weight excluding hydrogens is 422 g/mol. The van der Waals surface area contributed by atoms with Gasteiger partial charge in [0.25, 0.3) is 0 Å². The first-order valence-electron chi connectivity index (χ1n) is 9.60. The predicted octanol–water partition coefficient (Wildman–Crippen LogP) is 7.55. The van der Waals surface area contributed by atoms with Crippen molar-refractivity contribution in [3.8, 4) is 5.75 Å². The van der Waals surface area contributed by atoms with E-state index in [0.29, 0.717) is 6.61 Å². The molecular formula is C26H22BrNO. The van der Waals surface area contributed by atoms with Gasteiger partial charge in [-0.15, -0.1) is 0 Å². The summed E-state index contributed by atoms with van der Waals surface area (Å²) >= 11 is 3.63. The monoisotopic (exact) mass is 443 g/mol. The number of aliphatic imine (C=N–C) groups is 1. The van der Waals surface area contributed by atoms with Crippen molar-refractivity contribution in [2.24, 2.45) is 4.99 Å². The lowest BCUT2D eigenvalue weighted by molar-refractivity contribution is 0.305. The van der Waals surface area contributed by atoms with Gasteiger partial charge in [0, 0.05) is 6.21 Å². The van der Waals surface area contributed by atoms with E-state index in [4.69, 9.17) is 4.74 Å². The second-order valence-corrected chi connectivity index (χ2v) is 8.00. The Morgan fingerprint density at radius 3 is 2.52 bits per heavy atom. The summed E-state index contributed by atoms with van der Waals surface area (Å²) in [6, 6.07) is 27.0. The van der Waals surface area contributed by atoms with Gasteiger partial charge in [0.1, 0.15) is 12.4 Å². The fourth-order valence-corrected chi connectivity index (χ4v) is 3.75. The van der Waals surface area contributed by atoms with Crippen LogP contribution in [0.5, 0.6) is 5.75 Å². The number of hydrogen-bond acceptors (Lipinski definition) is 2. The molecule has 0 unspecified atom stereocenters. The van der Waals surface area contributed by atoms with Gasteiger partial charge in [-0.3, -0.25) is 4.99 Å². The number of nitrogens with zero attached hydrogens (tertiary/aromatic N) is 1. The Morgan fingerprint density at radius 1 is 0.862 bits per heavy atom. The molecule has 0 bridgehead atoms. The number of aryl methyl sites for hydroxylation is 2. The molecule has 0 aliphatic heterocycles. The fraction of sp³-hybridized carbons (Fsp3) is 0.115. The zero-order valence-corrected chi connectivity index (χ0v) is 18.1. The highest BCUT2D eigenvalue weighted by molar-refractivity contribution is 9.10. The SMILES string of the molecule is Cc1ccc(N=Cc2ccc(OCc3cccc4ccccc34)c(Br)c2)cc1C. The Bertz CT molecular complexity index is 1190. The third-order valence-electron chi connectivity index (χ3n) is 5.07. The van der Waals surface area contributed by atoms with Gasteiger partial charge in [-0.2, -0.15) is 0 Å². The number of fused-ring (bicyclic) bond motifs is 1. The quantitative estimate of drug-likeness (QED) is 0.291. The highest BCUT2D eigenvalue weighted by Gasteiger charge is 2.05. The molecule has 3 heteroatoms. The van der Waals surface area contributed by atoms with Gasteiger partial charge in [0.05, 0.1) is 10.2 Å². The second-order valence-electron chi connectivity index (χ2n) is 7.14. The predicted molar refractivity (Wildman–Crippen MR) is 126 cm³/mol. The lowest BCUT2D eigenvalue weighted by Crippen LogP contribution is -1.97. The summed E-state index contributed by atoms with van der Waals surface area (Å²) in [6.07, 6.45) is 1.88. The molecule has 0 radical (unpaired) electrons. The van der Waals surface area contributed by atoms with Crippen LogP contribution in [0.25, 0.3) is 10.8 Å². The minimum atomic E-state index is 0.524. The van der Waals surface area contributed by atoms with E-state index in [-0.39, 0.29) is 0 Å². The highest BCUT2D eigenvalue weighted by atomic mass is 79.9. The van der Waals surface area contributed by atoms with Gasteiger partial charge >= 0.3 is 0 Å². The third-order valence-corrected chi connectivity index (χ3v) is 5.69. The molecule has 0 saturated heterocycles. The summed E-state index contributed by atoms with van der Waals surface area (Å²) < 4.78 is 7.00. The molecule has 0 saturated carbocycles. The zero-order valence-electron chi connectivity index (χ0n) is 16.5. The van der Waals surface area contributed by atoms with Crippen LogP contribution in [-0.4, -0.2) is 6.21 Å². The molecule has 0 aromatic heterocycles. The first-order valence-corrected chi connectivity index (χ1v) is 10.4. The Kier molecular flexibility index (Phi) is 5.77. The molecule has 0 spiro atoms. The van der Waals surface area contributed by atoms with Crippen LogP contribution in [-0.2, 0) is 6.61 Å². The average Bonchev–Trinajstić information content (AvgIpc) is 2.74. The molecule has 0 amide bonds. The average molecular weight is 444 g/mol. The lowest BCUT2D eigenvalue weighted by atomic mass is 10.1. The minimum absolute atomic E-state index is 0.524. The van der Waals surface area contributed by atoms with Crippen molar-refractivity contribution in [1.82, 2.24) is 0 Å². The van der Waals surface area contributed by atoms with Gasteiger partial charge < -0.3 is 4.74 Å². The van der Waals surface area contributed by atoms with Crippen LogP contribution in [0.3, 0.4) is 0 Å². The molecule has 0 fully saturated rings. The molecule has 144 valence electrons. The van der Waals surface area contributed by atoms with E-state index in [9.17, 15) is 0 Å². The second kappa shape index (κ2) is 8.62. The van der Waals surface area contributed by atoms with Crippen LogP contribution in [0.4, 0.5) is 5.69 Å². The molecule has 29 heavy (non-hydrogen) atoms. The first-order chi connectivity index (χ1) is 14.1. The number of benzene rings is 4. The molecule has 2 nitrogen and oxygen atoms in total. The van der Waals surface area contributed by atoms with E-state index in [0.717, 1.165) is 21.5 Å². The normalized spacial score (nSPS) is 11.3. The van der Waals surface area contributed by atoms with E-state index in [1.54, 1.807) is 0 Å². The third kappa shape index (κ3) is 4.57. The molecule has 4 rings (SSSR count). The van der Waals surface area contributed by atoms with Gasteiger partial charge in [-0.1, -0.05) is 48.5 Å². The Labute approximate surface area is 180 Å². The van der Waals surface area contributed by atoms with Crippen molar-refractivity contribution >= 4 is 38.6 Å². The summed E-state index contributed by atoms with van der Waals surface area (Å²) in [5, 5.41) is 2.45. The molecule has 0 N–H and O–H groups in total. The lowest BCUT2D eigenvalue weighted by Gasteiger charge is -2.11. The van der Waals surface area contributed by atoms with Crippen molar-refractivity contribution in [3.05, 3.63) is 106 Å². The van der Waals surface area contributed by atoms with Crippen molar-refractivity contribution in [3.63, 3.8) is 0 Å². The summed E-state index contributed by atoms with van der Waals surface area (Å²) in [5.41, 5.74) is 5.68. The molecule has 4 aromatic rings. The highest BCUT2D eigenvalue weighted by Crippen LogP contribution is 2.28. The Hall–Kier alpha value is -2.91. The molecule has 0 aliphatic rings. The van der Waals surface area contributed by atoms with Gasteiger partial charge in [0.2, 0.25) is 0 Å². The fourth-order valence-electron chi connectivity index (χ4n) is 3.24. The topological polar surface area (TPSA) is 21.6 Å². The van der Waals surface area contributed by atoms with E-state index in [1.807, 2.05) is 30.5 Å². The van der Waals surface area contributed by atoms with Gasteiger partial charge in [-0.25, -0.2) is 0 Å². The van der Waals surface area contributed by atoms with Crippen LogP contribution < -0.4 is 4.74 Å². The maximum atomic E-state index is 6.09. The Balaban J connectivity index is 1.48. The number of hydrogen-bond donors (Lipinski definition) is 0. The summed E-state index contributed by atoms with van der Waals surface area (Å²) in [6.45, 7) is 4.74. The summed E-state index contributed by atoms with van der Waals surface area (Å²) in [7, 11) is 0. The van der Waals surface area contributed by atoms with Crippen molar-refractivity contribution in [2.75, 3.05) is 0 Å². The van der Waals surface area contributed by atoms with E-state index < -0.39 is 0 Å². The Morgan fingerprint density at radius 2 is 1.69 bits per heavy atom. The van der Waals surface area contributed by atoms with E-state index in [1.165, 1.54) is 27.5 Å². The molecule has 0 aliphatic carbocycles. The smallest absolute Gasteiger partial charge is 0.134 e. The van der Waals surface area contributed by atoms with Crippen LogP contribution in [0, 0.1) is 13.8 Å². The maximum Gasteiger partial charge on any atom is 0.134 e.